The van der Waals surface area contributed by atoms with E-state index in [2.05, 4.69) is 0 Å². The predicted octanol–water partition coefficient (Wildman–Crippen LogP) is -2.54. The molecule has 0 aromatic rings. The minimum absolute atomic E-state index is 0.352. The number of aliphatic hydroxyl groups excluding tert-OH is 4. The third kappa shape index (κ3) is 1.52. The van der Waals surface area contributed by atoms with Gasteiger partial charge in [0.15, 0.2) is 0 Å². The van der Waals surface area contributed by atoms with Gasteiger partial charge in [0.05, 0.1) is 13.2 Å². The highest BCUT2D eigenvalue weighted by Gasteiger charge is 2.41. The molecule has 1 heterocycles. The average molecular weight is 164 g/mol. The zero-order chi connectivity index (χ0) is 8.43. The van der Waals surface area contributed by atoms with E-state index in [0.717, 1.165) is 0 Å². The van der Waals surface area contributed by atoms with Crippen LogP contribution >= 0.6 is 0 Å². The van der Waals surface area contributed by atoms with Gasteiger partial charge in [0.1, 0.15) is 24.4 Å². The molecule has 4 atom stereocenters. The molecule has 1 aliphatic rings. The Bertz CT molecular complexity index is 110. The summed E-state index contributed by atoms with van der Waals surface area (Å²) in [6.45, 7) is -0.705. The number of hydrogen-bond donors (Lipinski definition) is 4. The summed E-state index contributed by atoms with van der Waals surface area (Å²) in [6, 6.07) is 0. The van der Waals surface area contributed by atoms with E-state index in [-0.39, 0.29) is 13.2 Å². The van der Waals surface area contributed by atoms with E-state index < -0.39 is 24.4 Å². The largest absolute Gasteiger partial charge is 0.394 e. The molecule has 0 aliphatic carbocycles. The predicted molar refractivity (Wildman–Crippen MR) is 34.8 cm³/mol. The van der Waals surface area contributed by atoms with Crippen LogP contribution < -0.4 is 0 Å². The molecule has 1 aliphatic heterocycles. The third-order valence-electron chi connectivity index (χ3n) is 1.82. The van der Waals surface area contributed by atoms with Crippen molar-refractivity contribution >= 4 is 0 Å². The van der Waals surface area contributed by atoms with Crippen LogP contribution in [0.25, 0.3) is 0 Å². The van der Waals surface area contributed by atoms with Gasteiger partial charge in [-0.1, -0.05) is 0 Å². The fourth-order valence-corrected chi connectivity index (χ4v) is 1.13. The van der Waals surface area contributed by atoms with Crippen molar-refractivity contribution in [3.05, 3.63) is 0 Å². The standard InChI is InChI=1S/C6H12O5/c7-1-3-5(9)6(10)4(2-8)11-3/h3-10H,1-2H2/t3-,4?,5-,6?/m1/s1. The molecule has 1 fully saturated rings. The van der Waals surface area contributed by atoms with E-state index >= 15 is 0 Å². The smallest absolute Gasteiger partial charge is 0.111 e. The van der Waals surface area contributed by atoms with Crippen LogP contribution in [0.15, 0.2) is 0 Å². The van der Waals surface area contributed by atoms with Gasteiger partial charge >= 0.3 is 0 Å². The first-order chi connectivity index (χ1) is 5.20. The summed E-state index contributed by atoms with van der Waals surface area (Å²) in [5.74, 6) is 0. The van der Waals surface area contributed by atoms with Crippen molar-refractivity contribution in [1.29, 1.82) is 0 Å². The summed E-state index contributed by atoms with van der Waals surface area (Å²) >= 11 is 0. The van der Waals surface area contributed by atoms with E-state index in [1.807, 2.05) is 0 Å². The van der Waals surface area contributed by atoms with Gasteiger partial charge in [0.2, 0.25) is 0 Å². The van der Waals surface area contributed by atoms with Gasteiger partial charge in [-0.3, -0.25) is 0 Å². The minimum Gasteiger partial charge on any atom is -0.394 e. The number of hydrogen-bond acceptors (Lipinski definition) is 5. The third-order valence-corrected chi connectivity index (χ3v) is 1.82. The minimum atomic E-state index is -1.10. The highest BCUT2D eigenvalue weighted by molar-refractivity contribution is 4.89. The Kier molecular flexibility index (Phi) is 2.80. The Hall–Kier alpha value is -0.200. The van der Waals surface area contributed by atoms with Crippen LogP contribution in [-0.4, -0.2) is 58.1 Å². The van der Waals surface area contributed by atoms with Gasteiger partial charge in [-0.2, -0.15) is 0 Å². The molecule has 0 radical (unpaired) electrons. The molecule has 0 saturated carbocycles. The Labute approximate surface area is 63.8 Å². The van der Waals surface area contributed by atoms with Crippen molar-refractivity contribution < 1.29 is 25.2 Å². The number of aliphatic hydroxyl groups is 4. The topological polar surface area (TPSA) is 90.2 Å². The van der Waals surface area contributed by atoms with E-state index in [0.29, 0.717) is 0 Å². The van der Waals surface area contributed by atoms with Crippen LogP contribution in [0.3, 0.4) is 0 Å². The molecule has 0 spiro atoms. The molecular weight excluding hydrogens is 152 g/mol. The zero-order valence-corrected chi connectivity index (χ0v) is 5.92. The Morgan fingerprint density at radius 3 is 1.45 bits per heavy atom. The first-order valence-corrected chi connectivity index (χ1v) is 3.44. The Morgan fingerprint density at radius 2 is 1.27 bits per heavy atom. The highest BCUT2D eigenvalue weighted by Crippen LogP contribution is 2.20. The number of rotatable bonds is 2. The molecule has 66 valence electrons. The summed E-state index contributed by atoms with van der Waals surface area (Å²) in [7, 11) is 0. The summed E-state index contributed by atoms with van der Waals surface area (Å²) in [5.41, 5.74) is 0. The van der Waals surface area contributed by atoms with Gasteiger partial charge in [-0.05, 0) is 0 Å². The lowest BCUT2D eigenvalue weighted by Crippen LogP contribution is -2.34. The average Bonchev–Trinajstić information content (AvgIpc) is 2.30. The fourth-order valence-electron chi connectivity index (χ4n) is 1.13. The lowest BCUT2D eigenvalue weighted by Gasteiger charge is -2.10. The van der Waals surface area contributed by atoms with Crippen LogP contribution in [0.2, 0.25) is 0 Å². The lowest BCUT2D eigenvalue weighted by molar-refractivity contribution is -0.0395. The molecule has 0 aromatic heterocycles. The fraction of sp³-hybridized carbons (Fsp3) is 1.00. The van der Waals surface area contributed by atoms with E-state index in [9.17, 15) is 0 Å². The van der Waals surface area contributed by atoms with Crippen molar-refractivity contribution in [3.8, 4) is 0 Å². The Morgan fingerprint density at radius 1 is 0.909 bits per heavy atom. The van der Waals surface area contributed by atoms with Gasteiger partial charge < -0.3 is 25.2 Å². The lowest BCUT2D eigenvalue weighted by atomic mass is 10.1. The van der Waals surface area contributed by atoms with E-state index in [1.54, 1.807) is 0 Å². The second-order valence-corrected chi connectivity index (χ2v) is 2.56. The van der Waals surface area contributed by atoms with Gasteiger partial charge in [0.25, 0.3) is 0 Å². The molecule has 1 rings (SSSR count). The van der Waals surface area contributed by atoms with Crippen LogP contribution in [0.1, 0.15) is 0 Å². The van der Waals surface area contributed by atoms with E-state index in [4.69, 9.17) is 25.2 Å². The van der Waals surface area contributed by atoms with Gasteiger partial charge in [-0.15, -0.1) is 0 Å². The monoisotopic (exact) mass is 164 g/mol. The molecular formula is C6H12O5. The molecule has 5 heteroatoms. The highest BCUT2D eigenvalue weighted by atomic mass is 16.6. The normalized spacial score (nSPS) is 44.7. The van der Waals surface area contributed by atoms with Crippen molar-refractivity contribution in [1.82, 2.24) is 0 Å². The molecule has 0 bridgehead atoms. The maximum Gasteiger partial charge on any atom is 0.111 e. The van der Waals surface area contributed by atoms with Gasteiger partial charge in [-0.25, -0.2) is 0 Å². The maximum absolute atomic E-state index is 9.11. The van der Waals surface area contributed by atoms with Crippen LogP contribution in [0, 0.1) is 0 Å². The summed E-state index contributed by atoms with van der Waals surface area (Å²) in [4.78, 5) is 0. The molecule has 1 saturated heterocycles. The second-order valence-electron chi connectivity index (χ2n) is 2.56. The number of ether oxygens (including phenoxy) is 1. The molecule has 4 N–H and O–H groups in total. The van der Waals surface area contributed by atoms with E-state index in [1.165, 1.54) is 0 Å². The molecule has 0 amide bonds. The first-order valence-electron chi connectivity index (χ1n) is 3.44. The first kappa shape index (κ1) is 8.89. The van der Waals surface area contributed by atoms with Crippen molar-refractivity contribution in [2.45, 2.75) is 24.4 Å². The quantitative estimate of drug-likeness (QED) is 0.361. The SMILES string of the molecule is OCC1O[C@H](CO)[C@@H](O)C1O. The zero-order valence-electron chi connectivity index (χ0n) is 5.92. The maximum atomic E-state index is 9.11. The molecule has 5 nitrogen and oxygen atoms in total. The van der Waals surface area contributed by atoms with Crippen molar-refractivity contribution in [2.24, 2.45) is 0 Å². The van der Waals surface area contributed by atoms with Crippen LogP contribution in [-0.2, 0) is 4.74 Å². The van der Waals surface area contributed by atoms with Crippen molar-refractivity contribution in [3.63, 3.8) is 0 Å². The molecule has 2 unspecified atom stereocenters. The summed E-state index contributed by atoms with van der Waals surface area (Å²) in [5, 5.41) is 35.4. The van der Waals surface area contributed by atoms with Crippen LogP contribution in [0.4, 0.5) is 0 Å². The summed E-state index contributed by atoms with van der Waals surface area (Å²) < 4.78 is 4.88. The molecule has 11 heavy (non-hydrogen) atoms. The summed E-state index contributed by atoms with van der Waals surface area (Å²) in [6.07, 6.45) is -3.75. The van der Waals surface area contributed by atoms with Crippen LogP contribution in [0.5, 0.6) is 0 Å². The van der Waals surface area contributed by atoms with Gasteiger partial charge in [0, 0.05) is 0 Å². The molecule has 0 aromatic carbocycles. The second kappa shape index (κ2) is 3.46. The Balaban J connectivity index is 2.53. The van der Waals surface area contributed by atoms with Crippen molar-refractivity contribution in [2.75, 3.05) is 13.2 Å².